The first-order chi connectivity index (χ1) is 14.1. The van der Waals surface area contributed by atoms with Gasteiger partial charge in [-0.2, -0.15) is 10.1 Å². The van der Waals surface area contributed by atoms with Gasteiger partial charge in [0.1, 0.15) is 18.1 Å². The minimum atomic E-state index is -0.298. The van der Waals surface area contributed by atoms with Crippen LogP contribution < -0.4 is 10.1 Å². The van der Waals surface area contributed by atoms with Crippen molar-refractivity contribution in [3.63, 3.8) is 0 Å². The summed E-state index contributed by atoms with van der Waals surface area (Å²) >= 11 is 6.03. The van der Waals surface area contributed by atoms with Gasteiger partial charge >= 0.3 is 0 Å². The number of hydrogen-bond donors (Lipinski definition) is 1. The summed E-state index contributed by atoms with van der Waals surface area (Å²) in [5.74, 6) is 1.65. The molecule has 29 heavy (non-hydrogen) atoms. The van der Waals surface area contributed by atoms with Crippen molar-refractivity contribution in [2.45, 2.75) is 24.8 Å². The number of anilines is 1. The van der Waals surface area contributed by atoms with Crippen LogP contribution in [0.4, 0.5) is 5.95 Å². The third kappa shape index (κ3) is 3.09. The number of carbonyl (C=O) groups excluding carboxylic acids is 1. The largest absolute Gasteiger partial charge is 0.497 e. The predicted molar refractivity (Wildman–Crippen MR) is 110 cm³/mol. The number of benzene rings is 2. The summed E-state index contributed by atoms with van der Waals surface area (Å²) in [6.07, 6.45) is 2.71. The quantitative estimate of drug-likeness (QED) is 0.700. The van der Waals surface area contributed by atoms with Crippen LogP contribution in [0.5, 0.6) is 5.75 Å². The molecule has 0 saturated carbocycles. The lowest BCUT2D eigenvalue weighted by Crippen LogP contribution is -2.33. The molecule has 2 heterocycles. The van der Waals surface area contributed by atoms with E-state index in [1.165, 1.54) is 6.33 Å². The molecule has 2 aliphatic rings. The van der Waals surface area contributed by atoms with Gasteiger partial charge in [0.25, 0.3) is 0 Å². The van der Waals surface area contributed by atoms with Crippen molar-refractivity contribution >= 4 is 23.3 Å². The van der Waals surface area contributed by atoms with Crippen molar-refractivity contribution in [1.29, 1.82) is 0 Å². The predicted octanol–water partition coefficient (Wildman–Crippen LogP) is 4.36. The molecule has 6 nitrogen and oxygen atoms in total. The first kappa shape index (κ1) is 17.9. The zero-order chi connectivity index (χ0) is 20.0. The average molecular weight is 407 g/mol. The van der Waals surface area contributed by atoms with Crippen LogP contribution >= 0.6 is 11.6 Å². The van der Waals surface area contributed by atoms with E-state index in [9.17, 15) is 4.79 Å². The van der Waals surface area contributed by atoms with Crippen LogP contribution in [-0.2, 0) is 4.79 Å². The molecule has 7 heteroatoms. The summed E-state index contributed by atoms with van der Waals surface area (Å²) < 4.78 is 7.05. The van der Waals surface area contributed by atoms with Crippen LogP contribution in [0.2, 0.25) is 5.02 Å². The van der Waals surface area contributed by atoms with Gasteiger partial charge in [-0.15, -0.1) is 0 Å². The number of nitrogens with one attached hydrogen (secondary N) is 1. The summed E-state index contributed by atoms with van der Waals surface area (Å²) in [4.78, 5) is 17.7. The minimum Gasteiger partial charge on any atom is -0.497 e. The third-order valence-corrected chi connectivity index (χ3v) is 5.89. The number of nitrogens with zero attached hydrogens (tertiary/aromatic N) is 3. The van der Waals surface area contributed by atoms with E-state index < -0.39 is 0 Å². The molecule has 3 aromatic rings. The number of methoxy groups -OCH3 is 1. The molecule has 2 atom stereocenters. The molecule has 0 amide bonds. The van der Waals surface area contributed by atoms with Crippen LogP contribution in [0, 0.1) is 0 Å². The number of hydrogen-bond acceptors (Lipinski definition) is 5. The monoisotopic (exact) mass is 406 g/mol. The van der Waals surface area contributed by atoms with E-state index in [1.807, 2.05) is 48.5 Å². The van der Waals surface area contributed by atoms with E-state index >= 15 is 0 Å². The molecule has 5 rings (SSSR count). The van der Waals surface area contributed by atoms with Gasteiger partial charge < -0.3 is 10.1 Å². The van der Waals surface area contributed by atoms with E-state index in [4.69, 9.17) is 16.3 Å². The Balaban J connectivity index is 1.56. The number of fused-ring (bicyclic) bond motifs is 1. The van der Waals surface area contributed by atoms with Crippen LogP contribution in [0.15, 0.2) is 66.1 Å². The average Bonchev–Trinajstić information content (AvgIpc) is 3.21. The molecule has 2 aromatic carbocycles. The van der Waals surface area contributed by atoms with E-state index in [0.29, 0.717) is 17.4 Å². The zero-order valence-electron chi connectivity index (χ0n) is 15.8. The number of allylic oxidation sites excluding steroid dienone is 2. The Morgan fingerprint density at radius 1 is 1.07 bits per heavy atom. The van der Waals surface area contributed by atoms with Gasteiger partial charge in [-0.1, -0.05) is 35.9 Å². The lowest BCUT2D eigenvalue weighted by molar-refractivity contribution is -0.116. The second-order valence-electron chi connectivity index (χ2n) is 7.30. The van der Waals surface area contributed by atoms with Crippen molar-refractivity contribution in [2.24, 2.45) is 0 Å². The van der Waals surface area contributed by atoms with Crippen molar-refractivity contribution < 1.29 is 9.53 Å². The standard InChI is InChI=1S/C22H19ClN4O2/c1-29-17-8-4-14(5-9-17)21-20-18(26-22-24-12-25-27(21)22)10-15(11-19(20)28)13-2-6-16(23)7-3-13/h2-9,12,15,21H,10-11H2,1H3,(H,24,25,26)/t15-,21+/m1/s1. The summed E-state index contributed by atoms with van der Waals surface area (Å²) in [5, 5.41) is 8.41. The maximum atomic E-state index is 13.3. The number of rotatable bonds is 3. The molecule has 0 saturated heterocycles. The molecule has 0 fully saturated rings. The second kappa shape index (κ2) is 7.04. The molecule has 0 radical (unpaired) electrons. The van der Waals surface area contributed by atoms with E-state index in [1.54, 1.807) is 11.8 Å². The summed E-state index contributed by atoms with van der Waals surface area (Å²) in [5.41, 5.74) is 3.77. The maximum Gasteiger partial charge on any atom is 0.226 e. The van der Waals surface area contributed by atoms with Gasteiger partial charge in [0.05, 0.1) is 7.11 Å². The number of Topliss-reactive ketones (excluding diaryl/α,β-unsaturated/α-hetero) is 1. The topological polar surface area (TPSA) is 69.0 Å². The van der Waals surface area contributed by atoms with Crippen molar-refractivity contribution in [2.75, 3.05) is 12.4 Å². The molecule has 1 aromatic heterocycles. The van der Waals surface area contributed by atoms with Gasteiger partial charge in [-0.25, -0.2) is 4.68 Å². The molecular weight excluding hydrogens is 388 g/mol. The molecular formula is C22H19ClN4O2. The number of ketones is 1. The fourth-order valence-corrected chi connectivity index (χ4v) is 4.34. The Kier molecular flexibility index (Phi) is 4.36. The van der Waals surface area contributed by atoms with Gasteiger partial charge in [0, 0.05) is 22.7 Å². The molecule has 1 aliphatic carbocycles. The van der Waals surface area contributed by atoms with Crippen molar-refractivity contribution in [3.05, 3.63) is 82.3 Å². The van der Waals surface area contributed by atoms with Crippen LogP contribution in [-0.4, -0.2) is 27.7 Å². The number of aromatic nitrogens is 3. The van der Waals surface area contributed by atoms with Gasteiger partial charge in [-0.3, -0.25) is 4.79 Å². The molecule has 1 N–H and O–H groups in total. The highest BCUT2D eigenvalue weighted by atomic mass is 35.5. The van der Waals surface area contributed by atoms with Gasteiger partial charge in [-0.05, 0) is 47.7 Å². The van der Waals surface area contributed by atoms with E-state index in [2.05, 4.69) is 15.4 Å². The van der Waals surface area contributed by atoms with E-state index in [0.717, 1.165) is 34.6 Å². The van der Waals surface area contributed by atoms with Crippen molar-refractivity contribution in [3.8, 4) is 5.75 Å². The van der Waals surface area contributed by atoms with E-state index in [-0.39, 0.29) is 17.7 Å². The Morgan fingerprint density at radius 2 is 1.79 bits per heavy atom. The Morgan fingerprint density at radius 3 is 2.52 bits per heavy atom. The van der Waals surface area contributed by atoms with Gasteiger partial charge in [0.2, 0.25) is 5.95 Å². The maximum absolute atomic E-state index is 13.3. The summed E-state index contributed by atoms with van der Waals surface area (Å²) in [7, 11) is 1.64. The Bertz CT molecular complexity index is 1100. The third-order valence-electron chi connectivity index (χ3n) is 5.63. The highest BCUT2D eigenvalue weighted by molar-refractivity contribution is 6.30. The first-order valence-electron chi connectivity index (χ1n) is 9.46. The van der Waals surface area contributed by atoms with Crippen molar-refractivity contribution in [1.82, 2.24) is 14.8 Å². The highest BCUT2D eigenvalue weighted by Crippen LogP contribution is 2.44. The lowest BCUT2D eigenvalue weighted by atomic mass is 9.78. The Hall–Kier alpha value is -3.12. The fourth-order valence-electron chi connectivity index (χ4n) is 4.22. The molecule has 0 bridgehead atoms. The number of halogens is 1. The SMILES string of the molecule is COc1ccc([C@H]2C3=C(C[C@@H](c4ccc(Cl)cc4)CC3=O)Nc3ncnn32)cc1. The molecule has 1 aliphatic heterocycles. The first-order valence-corrected chi connectivity index (χ1v) is 9.84. The van der Waals surface area contributed by atoms with Crippen LogP contribution in [0.3, 0.4) is 0 Å². The lowest BCUT2D eigenvalue weighted by Gasteiger charge is -2.35. The zero-order valence-corrected chi connectivity index (χ0v) is 16.6. The fraction of sp³-hybridized carbons (Fsp3) is 0.227. The number of carbonyl (C=O) groups is 1. The normalized spacial score (nSPS) is 20.7. The number of ether oxygens (including phenoxy) is 1. The molecule has 0 unspecified atom stereocenters. The highest BCUT2D eigenvalue weighted by Gasteiger charge is 2.39. The van der Waals surface area contributed by atoms with Crippen LogP contribution in [0.1, 0.15) is 35.9 Å². The van der Waals surface area contributed by atoms with Crippen LogP contribution in [0.25, 0.3) is 0 Å². The summed E-state index contributed by atoms with van der Waals surface area (Å²) in [6.45, 7) is 0. The molecule has 0 spiro atoms. The molecule has 146 valence electrons. The second-order valence-corrected chi connectivity index (χ2v) is 7.74. The minimum absolute atomic E-state index is 0.108. The van der Waals surface area contributed by atoms with Gasteiger partial charge in [0.15, 0.2) is 5.78 Å². The summed E-state index contributed by atoms with van der Waals surface area (Å²) in [6, 6.07) is 15.2. The Labute approximate surface area is 173 Å². The smallest absolute Gasteiger partial charge is 0.226 e.